The van der Waals surface area contributed by atoms with Gasteiger partial charge in [-0.15, -0.1) is 0 Å². The lowest BCUT2D eigenvalue weighted by Gasteiger charge is -2.18. The van der Waals surface area contributed by atoms with Gasteiger partial charge < -0.3 is 14.8 Å². The molecule has 0 heterocycles. The Morgan fingerprint density at radius 1 is 0.929 bits per heavy atom. The summed E-state index contributed by atoms with van der Waals surface area (Å²) in [6, 6.07) is 12.4. The van der Waals surface area contributed by atoms with Crippen molar-refractivity contribution in [3.63, 3.8) is 0 Å². The minimum absolute atomic E-state index is 0.375. The third-order valence-corrected chi connectivity index (χ3v) is 6.05. The van der Waals surface area contributed by atoms with Gasteiger partial charge in [-0.2, -0.15) is 0 Å². The number of rotatable bonds is 7. The van der Waals surface area contributed by atoms with Gasteiger partial charge in [-0.3, -0.25) is 0 Å². The topological polar surface area (TPSA) is 35.1 Å². The molecule has 2 N–H and O–H groups in total. The first-order valence-electron chi connectivity index (χ1n) is 10.2. The lowest BCUT2D eigenvalue weighted by molar-refractivity contribution is -0.706. The molecule has 0 aliphatic heterocycles. The van der Waals surface area contributed by atoms with Gasteiger partial charge in [-0.25, -0.2) is 0 Å². The van der Waals surface area contributed by atoms with Crippen molar-refractivity contribution in [3.05, 3.63) is 57.6 Å². The van der Waals surface area contributed by atoms with E-state index in [0.717, 1.165) is 29.6 Å². The van der Waals surface area contributed by atoms with Gasteiger partial charge >= 0.3 is 0 Å². The minimum Gasteiger partial charge on any atom is -0.493 e. The summed E-state index contributed by atoms with van der Waals surface area (Å²) in [7, 11) is 1.68. The van der Waals surface area contributed by atoms with E-state index in [1.54, 1.807) is 13.2 Å². The molecular formula is C23H30Cl2NO2+. The van der Waals surface area contributed by atoms with E-state index < -0.39 is 0 Å². The number of hydrogen-bond acceptors (Lipinski definition) is 2. The summed E-state index contributed by atoms with van der Waals surface area (Å²) in [6.07, 6.45) is 9.59. The number of hydrogen-bond donors (Lipinski definition) is 1. The Labute approximate surface area is 178 Å². The molecule has 0 saturated heterocycles. The Kier molecular flexibility index (Phi) is 8.32. The Morgan fingerprint density at radius 2 is 1.68 bits per heavy atom. The molecule has 0 unspecified atom stereocenters. The molecule has 1 fully saturated rings. The quantitative estimate of drug-likeness (QED) is 0.615. The summed E-state index contributed by atoms with van der Waals surface area (Å²) >= 11 is 12.2. The van der Waals surface area contributed by atoms with Crippen molar-refractivity contribution in [1.29, 1.82) is 0 Å². The van der Waals surface area contributed by atoms with Crippen LogP contribution in [0, 0.1) is 0 Å². The molecule has 0 aromatic heterocycles. The maximum atomic E-state index is 6.23. The van der Waals surface area contributed by atoms with Crippen LogP contribution in [0.2, 0.25) is 10.0 Å². The summed E-state index contributed by atoms with van der Waals surface area (Å²) in [5.74, 6) is 1.48. The van der Waals surface area contributed by atoms with Crippen LogP contribution >= 0.6 is 23.2 Å². The molecule has 3 nitrogen and oxygen atoms in total. The zero-order valence-corrected chi connectivity index (χ0v) is 18.1. The Balaban J connectivity index is 1.58. The Morgan fingerprint density at radius 3 is 2.39 bits per heavy atom. The van der Waals surface area contributed by atoms with Crippen LogP contribution in [0.25, 0.3) is 0 Å². The summed E-state index contributed by atoms with van der Waals surface area (Å²) in [4.78, 5) is 0. The highest BCUT2D eigenvalue weighted by molar-refractivity contribution is 6.35. The summed E-state index contributed by atoms with van der Waals surface area (Å²) in [6.45, 7) is 1.35. The SMILES string of the molecule is COc1cc(C[NH2+]C2CCCCCCC2)ccc1OCc1ccc(Cl)cc1Cl. The number of methoxy groups -OCH3 is 1. The van der Waals surface area contributed by atoms with E-state index >= 15 is 0 Å². The lowest BCUT2D eigenvalue weighted by Crippen LogP contribution is -2.88. The molecule has 152 valence electrons. The first-order chi connectivity index (χ1) is 13.7. The predicted molar refractivity (Wildman–Crippen MR) is 116 cm³/mol. The Hall–Kier alpha value is -1.42. The Bertz CT molecular complexity index is 758. The monoisotopic (exact) mass is 422 g/mol. The second-order valence-electron chi connectivity index (χ2n) is 7.55. The second-order valence-corrected chi connectivity index (χ2v) is 8.40. The van der Waals surface area contributed by atoms with Gasteiger partial charge in [0.05, 0.1) is 13.2 Å². The van der Waals surface area contributed by atoms with Gasteiger partial charge in [-0.1, -0.05) is 48.5 Å². The van der Waals surface area contributed by atoms with Gasteiger partial charge in [-0.05, 0) is 56.0 Å². The maximum Gasteiger partial charge on any atom is 0.161 e. The lowest BCUT2D eigenvalue weighted by atomic mass is 9.96. The molecule has 1 saturated carbocycles. The first-order valence-corrected chi connectivity index (χ1v) is 11.0. The highest BCUT2D eigenvalue weighted by Crippen LogP contribution is 2.30. The van der Waals surface area contributed by atoms with Gasteiger partial charge in [0.15, 0.2) is 11.5 Å². The molecule has 2 aromatic carbocycles. The predicted octanol–water partition coefficient (Wildman–Crippen LogP) is 5.76. The third-order valence-electron chi connectivity index (χ3n) is 5.46. The highest BCUT2D eigenvalue weighted by Gasteiger charge is 2.15. The van der Waals surface area contributed by atoms with E-state index in [-0.39, 0.29) is 0 Å². The number of halogens is 2. The van der Waals surface area contributed by atoms with Crippen molar-refractivity contribution in [2.24, 2.45) is 0 Å². The molecule has 2 aromatic rings. The summed E-state index contributed by atoms with van der Waals surface area (Å²) in [5.41, 5.74) is 2.16. The normalized spacial score (nSPS) is 15.7. The largest absolute Gasteiger partial charge is 0.493 e. The molecule has 3 rings (SSSR count). The van der Waals surface area contributed by atoms with E-state index in [2.05, 4.69) is 17.4 Å². The number of benzene rings is 2. The molecule has 0 atom stereocenters. The van der Waals surface area contributed by atoms with Gasteiger partial charge in [0, 0.05) is 21.2 Å². The minimum atomic E-state index is 0.375. The molecular weight excluding hydrogens is 393 g/mol. The van der Waals surface area contributed by atoms with Crippen LogP contribution in [0.1, 0.15) is 56.1 Å². The maximum absolute atomic E-state index is 6.23. The standard InChI is InChI=1S/C23H29Cl2NO2/c1-27-23-13-17(15-26-20-7-5-3-2-4-6-8-20)9-12-22(23)28-16-18-10-11-19(24)14-21(18)25/h9-14,20,26H,2-8,15-16H2,1H3/p+1. The van der Waals surface area contributed by atoms with Crippen molar-refractivity contribution < 1.29 is 14.8 Å². The van der Waals surface area contributed by atoms with Crippen molar-refractivity contribution in [1.82, 2.24) is 0 Å². The van der Waals surface area contributed by atoms with Crippen LogP contribution in [0.15, 0.2) is 36.4 Å². The highest BCUT2D eigenvalue weighted by atomic mass is 35.5. The molecule has 5 heteroatoms. The van der Waals surface area contributed by atoms with Crippen LogP contribution in [0.3, 0.4) is 0 Å². The summed E-state index contributed by atoms with van der Waals surface area (Å²) < 4.78 is 11.5. The zero-order valence-electron chi connectivity index (χ0n) is 16.6. The first kappa shape index (κ1) is 21.3. The molecule has 1 aliphatic carbocycles. The van der Waals surface area contributed by atoms with Crippen LogP contribution in [0.5, 0.6) is 11.5 Å². The average Bonchev–Trinajstić information content (AvgIpc) is 2.67. The van der Waals surface area contributed by atoms with Gasteiger partial charge in [0.1, 0.15) is 13.2 Å². The molecule has 28 heavy (non-hydrogen) atoms. The molecule has 1 aliphatic rings. The van der Waals surface area contributed by atoms with Crippen molar-refractivity contribution in [2.45, 2.75) is 64.1 Å². The van der Waals surface area contributed by atoms with Crippen molar-refractivity contribution in [3.8, 4) is 11.5 Å². The fourth-order valence-electron chi connectivity index (χ4n) is 3.78. The zero-order chi connectivity index (χ0) is 19.8. The fourth-order valence-corrected chi connectivity index (χ4v) is 4.24. The summed E-state index contributed by atoms with van der Waals surface area (Å²) in [5, 5.41) is 3.72. The molecule has 0 bridgehead atoms. The average molecular weight is 423 g/mol. The number of quaternary nitrogens is 1. The molecule has 0 radical (unpaired) electrons. The molecule has 0 spiro atoms. The van der Waals surface area contributed by atoms with E-state index in [9.17, 15) is 0 Å². The number of nitrogens with two attached hydrogens (primary N) is 1. The van der Waals surface area contributed by atoms with Crippen molar-refractivity contribution in [2.75, 3.05) is 7.11 Å². The smallest absolute Gasteiger partial charge is 0.161 e. The van der Waals surface area contributed by atoms with E-state index in [4.69, 9.17) is 32.7 Å². The van der Waals surface area contributed by atoms with E-state index in [1.165, 1.54) is 50.5 Å². The van der Waals surface area contributed by atoms with E-state index in [1.807, 2.05) is 18.2 Å². The fraction of sp³-hybridized carbons (Fsp3) is 0.478. The molecule has 0 amide bonds. The number of ether oxygens (including phenoxy) is 2. The van der Waals surface area contributed by atoms with Crippen LogP contribution in [-0.2, 0) is 13.2 Å². The van der Waals surface area contributed by atoms with Crippen LogP contribution < -0.4 is 14.8 Å². The van der Waals surface area contributed by atoms with E-state index in [0.29, 0.717) is 16.7 Å². The van der Waals surface area contributed by atoms with Crippen molar-refractivity contribution >= 4 is 23.2 Å². The second kappa shape index (κ2) is 10.9. The third kappa shape index (κ3) is 6.30. The van der Waals surface area contributed by atoms with Gasteiger partial charge in [0.2, 0.25) is 0 Å². The van der Waals surface area contributed by atoms with Crippen LogP contribution in [-0.4, -0.2) is 13.2 Å². The van der Waals surface area contributed by atoms with Gasteiger partial charge in [0.25, 0.3) is 0 Å². The van der Waals surface area contributed by atoms with Crippen LogP contribution in [0.4, 0.5) is 0 Å².